The van der Waals surface area contributed by atoms with Crippen LogP contribution < -0.4 is 5.32 Å². The Morgan fingerprint density at radius 2 is 2.53 bits per heavy atom. The van der Waals surface area contributed by atoms with Crippen LogP contribution in [0.5, 0.6) is 0 Å². The highest BCUT2D eigenvalue weighted by molar-refractivity contribution is 5.66. The van der Waals surface area contributed by atoms with Gasteiger partial charge in [-0.05, 0) is 13.3 Å². The van der Waals surface area contributed by atoms with Crippen LogP contribution in [0.25, 0.3) is 0 Å². The van der Waals surface area contributed by atoms with E-state index in [1.54, 1.807) is 0 Å². The first-order valence-electron chi connectivity index (χ1n) is 4.98. The molecule has 3 N–H and O–H groups in total. The molecule has 0 aliphatic heterocycles. The van der Waals surface area contributed by atoms with Crippen molar-refractivity contribution in [1.29, 1.82) is 0 Å². The van der Waals surface area contributed by atoms with Gasteiger partial charge in [0.1, 0.15) is 12.2 Å². The van der Waals surface area contributed by atoms with Crippen molar-refractivity contribution in [2.24, 2.45) is 0 Å². The fourth-order valence-corrected chi connectivity index (χ4v) is 1.23. The van der Waals surface area contributed by atoms with Crippen molar-refractivity contribution >= 4 is 5.97 Å². The van der Waals surface area contributed by atoms with Crippen molar-refractivity contribution in [1.82, 2.24) is 20.5 Å². The second kappa shape index (κ2) is 6.13. The summed E-state index contributed by atoms with van der Waals surface area (Å²) in [5.74, 6) is 0.0896. The van der Waals surface area contributed by atoms with E-state index in [9.17, 15) is 4.79 Å². The lowest BCUT2D eigenvalue weighted by Crippen LogP contribution is -2.28. The highest BCUT2D eigenvalue weighted by Crippen LogP contribution is 1.96. The van der Waals surface area contributed by atoms with Crippen LogP contribution in [0.1, 0.15) is 25.6 Å². The normalized spacial score (nSPS) is 12.6. The number of carboxylic acids is 1. The largest absolute Gasteiger partial charge is 0.481 e. The first-order valence-corrected chi connectivity index (χ1v) is 4.98. The summed E-state index contributed by atoms with van der Waals surface area (Å²) in [5, 5.41) is 18.2. The van der Waals surface area contributed by atoms with Crippen LogP contribution in [0.2, 0.25) is 0 Å². The van der Waals surface area contributed by atoms with Crippen LogP contribution in [-0.2, 0) is 11.2 Å². The average molecular weight is 212 g/mol. The van der Waals surface area contributed by atoms with Gasteiger partial charge in [0.2, 0.25) is 0 Å². The minimum absolute atomic E-state index is 0.205. The molecule has 0 saturated carbocycles. The van der Waals surface area contributed by atoms with Crippen LogP contribution in [0, 0.1) is 0 Å². The summed E-state index contributed by atoms with van der Waals surface area (Å²) in [7, 11) is 0. The number of nitrogens with zero attached hydrogens (tertiary/aromatic N) is 2. The van der Waals surface area contributed by atoms with Gasteiger partial charge < -0.3 is 10.4 Å². The highest BCUT2D eigenvalue weighted by Gasteiger charge is 2.04. The van der Waals surface area contributed by atoms with Gasteiger partial charge >= 0.3 is 5.97 Å². The van der Waals surface area contributed by atoms with Crippen molar-refractivity contribution in [3.05, 3.63) is 12.2 Å². The number of hydrogen-bond donors (Lipinski definition) is 3. The van der Waals surface area contributed by atoms with Gasteiger partial charge in [0, 0.05) is 25.4 Å². The van der Waals surface area contributed by atoms with Crippen LogP contribution in [-0.4, -0.2) is 38.8 Å². The summed E-state index contributed by atoms with van der Waals surface area (Å²) in [6.07, 6.45) is 3.10. The van der Waals surface area contributed by atoms with Crippen molar-refractivity contribution in [2.45, 2.75) is 32.2 Å². The maximum atomic E-state index is 10.3. The van der Waals surface area contributed by atoms with E-state index in [1.165, 1.54) is 6.33 Å². The van der Waals surface area contributed by atoms with Crippen molar-refractivity contribution in [3.8, 4) is 0 Å². The highest BCUT2D eigenvalue weighted by atomic mass is 16.4. The molecule has 1 heterocycles. The summed E-state index contributed by atoms with van der Waals surface area (Å²) in [5.41, 5.74) is 0. The second-order valence-electron chi connectivity index (χ2n) is 3.47. The van der Waals surface area contributed by atoms with Gasteiger partial charge in [0.05, 0.1) is 0 Å². The number of aromatic nitrogens is 3. The maximum absolute atomic E-state index is 10.3. The number of hydrogen-bond acceptors (Lipinski definition) is 4. The fourth-order valence-electron chi connectivity index (χ4n) is 1.23. The molecule has 0 aromatic carbocycles. The summed E-state index contributed by atoms with van der Waals surface area (Å²) in [6, 6.07) is 0.212. The van der Waals surface area contributed by atoms with Crippen molar-refractivity contribution in [2.75, 3.05) is 6.54 Å². The minimum Gasteiger partial charge on any atom is -0.481 e. The van der Waals surface area contributed by atoms with Gasteiger partial charge in [0.25, 0.3) is 0 Å². The first-order chi connectivity index (χ1) is 7.18. The van der Waals surface area contributed by atoms with Gasteiger partial charge in [0.15, 0.2) is 0 Å². The van der Waals surface area contributed by atoms with E-state index in [-0.39, 0.29) is 12.5 Å². The second-order valence-corrected chi connectivity index (χ2v) is 3.47. The van der Waals surface area contributed by atoms with Gasteiger partial charge in [-0.25, -0.2) is 4.98 Å². The molecule has 1 aromatic heterocycles. The minimum atomic E-state index is -0.751. The Kier molecular flexibility index (Phi) is 4.76. The zero-order chi connectivity index (χ0) is 11.1. The number of carboxylic acid groups (broad SMARTS) is 1. The third kappa shape index (κ3) is 5.11. The van der Waals surface area contributed by atoms with E-state index in [1.807, 2.05) is 6.92 Å². The lowest BCUT2D eigenvalue weighted by molar-refractivity contribution is -0.137. The molecule has 1 aromatic rings. The molecule has 0 bridgehead atoms. The van der Waals surface area contributed by atoms with E-state index in [0.29, 0.717) is 6.42 Å². The molecular weight excluding hydrogens is 196 g/mol. The summed E-state index contributed by atoms with van der Waals surface area (Å²) in [6.45, 7) is 2.75. The maximum Gasteiger partial charge on any atom is 0.303 e. The summed E-state index contributed by atoms with van der Waals surface area (Å²) >= 11 is 0. The third-order valence-corrected chi connectivity index (χ3v) is 2.11. The standard InChI is InChI=1S/C9H16N4O2/c1-7(2-3-9(14)15)10-5-4-8-11-6-12-13-8/h6-7,10H,2-5H2,1H3,(H,14,15)(H,11,12,13). The molecule has 0 spiro atoms. The van der Waals surface area contributed by atoms with E-state index in [2.05, 4.69) is 20.5 Å². The van der Waals surface area contributed by atoms with Gasteiger partial charge in [-0.3, -0.25) is 9.89 Å². The Balaban J connectivity index is 2.06. The molecule has 0 saturated heterocycles. The van der Waals surface area contributed by atoms with Gasteiger partial charge in [-0.2, -0.15) is 5.10 Å². The lowest BCUT2D eigenvalue weighted by atomic mass is 10.2. The molecule has 1 rings (SSSR count). The molecule has 1 atom stereocenters. The zero-order valence-electron chi connectivity index (χ0n) is 8.73. The molecule has 15 heavy (non-hydrogen) atoms. The molecule has 84 valence electrons. The number of nitrogens with one attached hydrogen (secondary N) is 2. The monoisotopic (exact) mass is 212 g/mol. The Morgan fingerprint density at radius 1 is 1.73 bits per heavy atom. The quantitative estimate of drug-likeness (QED) is 0.600. The molecule has 0 amide bonds. The molecular formula is C9H16N4O2. The number of aromatic amines is 1. The van der Waals surface area contributed by atoms with Crippen LogP contribution >= 0.6 is 0 Å². The number of rotatable bonds is 7. The van der Waals surface area contributed by atoms with E-state index >= 15 is 0 Å². The molecule has 6 nitrogen and oxygen atoms in total. The van der Waals surface area contributed by atoms with E-state index in [0.717, 1.165) is 18.8 Å². The SMILES string of the molecule is CC(CCC(=O)O)NCCc1ncn[nH]1. The Labute approximate surface area is 88.1 Å². The lowest BCUT2D eigenvalue weighted by Gasteiger charge is -2.11. The fraction of sp³-hybridized carbons (Fsp3) is 0.667. The molecule has 1 unspecified atom stereocenters. The molecule has 0 radical (unpaired) electrons. The third-order valence-electron chi connectivity index (χ3n) is 2.11. The van der Waals surface area contributed by atoms with Crippen LogP contribution in [0.4, 0.5) is 0 Å². The topological polar surface area (TPSA) is 90.9 Å². The van der Waals surface area contributed by atoms with Crippen molar-refractivity contribution in [3.63, 3.8) is 0 Å². The Hall–Kier alpha value is -1.43. The number of H-pyrrole nitrogens is 1. The summed E-state index contributed by atoms with van der Waals surface area (Å²) < 4.78 is 0. The zero-order valence-corrected chi connectivity index (χ0v) is 8.73. The van der Waals surface area contributed by atoms with Gasteiger partial charge in [-0.15, -0.1) is 0 Å². The Morgan fingerprint density at radius 3 is 3.13 bits per heavy atom. The predicted molar refractivity (Wildman–Crippen MR) is 54.4 cm³/mol. The first kappa shape index (κ1) is 11.6. The number of carbonyl (C=O) groups is 1. The smallest absolute Gasteiger partial charge is 0.303 e. The van der Waals surface area contributed by atoms with Crippen molar-refractivity contribution < 1.29 is 9.90 Å². The molecule has 6 heteroatoms. The number of aliphatic carboxylic acids is 1. The molecule has 0 fully saturated rings. The van der Waals surface area contributed by atoms with E-state index in [4.69, 9.17) is 5.11 Å². The average Bonchev–Trinajstić information content (AvgIpc) is 2.67. The summed E-state index contributed by atoms with van der Waals surface area (Å²) in [4.78, 5) is 14.3. The van der Waals surface area contributed by atoms with Gasteiger partial charge in [-0.1, -0.05) is 0 Å². The molecule has 0 aliphatic carbocycles. The Bertz CT molecular complexity index is 286. The van der Waals surface area contributed by atoms with E-state index < -0.39 is 5.97 Å². The van der Waals surface area contributed by atoms with Crippen LogP contribution in [0.3, 0.4) is 0 Å². The predicted octanol–water partition coefficient (Wildman–Crippen LogP) is 0.190. The molecule has 0 aliphatic rings. The van der Waals surface area contributed by atoms with Crippen LogP contribution in [0.15, 0.2) is 6.33 Å².